The van der Waals surface area contributed by atoms with Crippen LogP contribution >= 0.6 is 0 Å². The van der Waals surface area contributed by atoms with Crippen molar-refractivity contribution in [2.75, 3.05) is 0 Å². The summed E-state index contributed by atoms with van der Waals surface area (Å²) in [4.78, 5) is 10.4. The summed E-state index contributed by atoms with van der Waals surface area (Å²) in [6, 6.07) is 1.26. The van der Waals surface area contributed by atoms with Gasteiger partial charge in [-0.05, 0) is 17.7 Å². The summed E-state index contributed by atoms with van der Waals surface area (Å²) in [6.45, 7) is 0. The van der Waals surface area contributed by atoms with Crippen LogP contribution in [0.1, 0.15) is 23.6 Å². The van der Waals surface area contributed by atoms with Gasteiger partial charge in [-0.25, -0.2) is 0 Å². The van der Waals surface area contributed by atoms with Gasteiger partial charge in [-0.3, -0.25) is 4.79 Å². The topological polar surface area (TPSA) is 83.6 Å². The van der Waals surface area contributed by atoms with E-state index in [4.69, 9.17) is 15.9 Å². The molecule has 0 aliphatic carbocycles. The first-order chi connectivity index (χ1) is 7.71. The number of carboxylic acid groups (broad SMARTS) is 1. The van der Waals surface area contributed by atoms with E-state index >= 15 is 0 Å². The lowest BCUT2D eigenvalue weighted by molar-refractivity contribution is -0.140. The monoisotopic (exact) mass is 249 g/mol. The highest BCUT2D eigenvalue weighted by Gasteiger charge is 2.35. The Morgan fingerprint density at radius 2 is 2.00 bits per heavy atom. The maximum Gasteiger partial charge on any atom is 0.416 e. The fourth-order valence-corrected chi connectivity index (χ4v) is 1.41. The van der Waals surface area contributed by atoms with Gasteiger partial charge in [-0.1, -0.05) is 6.07 Å². The fraction of sp³-hybridized carbons (Fsp3) is 0.300. The van der Waals surface area contributed by atoms with Crippen LogP contribution < -0.4 is 5.73 Å². The lowest BCUT2D eigenvalue weighted by Gasteiger charge is -2.17. The van der Waals surface area contributed by atoms with Crippen molar-refractivity contribution in [2.45, 2.75) is 18.6 Å². The van der Waals surface area contributed by atoms with E-state index in [9.17, 15) is 18.0 Å². The molecule has 0 fully saturated rings. The lowest BCUT2D eigenvalue weighted by Crippen LogP contribution is -2.20. The normalized spacial score (nSPS) is 13.4. The van der Waals surface area contributed by atoms with Crippen molar-refractivity contribution >= 4 is 5.97 Å². The first-order valence-corrected chi connectivity index (χ1v) is 4.59. The van der Waals surface area contributed by atoms with E-state index < -0.39 is 35.9 Å². The maximum absolute atomic E-state index is 12.6. The standard InChI is InChI=1S/C10H10F3NO3/c11-10(12,13)7-3-5(15)1-2-6(7)8(14)4-9(16)17/h1-3,8,15H,4,14H2,(H,16,17)/t8-/m1/s1. The Morgan fingerprint density at radius 3 is 2.47 bits per heavy atom. The average molecular weight is 249 g/mol. The van der Waals surface area contributed by atoms with E-state index in [0.717, 1.165) is 12.1 Å². The van der Waals surface area contributed by atoms with Gasteiger partial charge < -0.3 is 15.9 Å². The van der Waals surface area contributed by atoms with Gasteiger partial charge in [-0.2, -0.15) is 13.2 Å². The van der Waals surface area contributed by atoms with Crippen molar-refractivity contribution < 1.29 is 28.2 Å². The van der Waals surface area contributed by atoms with Gasteiger partial charge in [0.25, 0.3) is 0 Å². The van der Waals surface area contributed by atoms with Crippen molar-refractivity contribution in [3.05, 3.63) is 29.3 Å². The lowest BCUT2D eigenvalue weighted by atomic mass is 9.98. The zero-order valence-corrected chi connectivity index (χ0v) is 8.53. The Labute approximate surface area is 94.5 Å². The summed E-state index contributed by atoms with van der Waals surface area (Å²) in [5.41, 5.74) is 3.91. The molecule has 17 heavy (non-hydrogen) atoms. The molecule has 1 aromatic carbocycles. The fourth-order valence-electron chi connectivity index (χ4n) is 1.41. The molecule has 1 atom stereocenters. The number of hydrogen-bond acceptors (Lipinski definition) is 3. The van der Waals surface area contributed by atoms with E-state index in [0.29, 0.717) is 6.07 Å². The third-order valence-corrected chi connectivity index (χ3v) is 2.14. The smallest absolute Gasteiger partial charge is 0.416 e. The minimum Gasteiger partial charge on any atom is -0.508 e. The molecule has 0 spiro atoms. The SMILES string of the molecule is N[C@H](CC(=O)O)c1ccc(O)cc1C(F)(F)F. The van der Waals surface area contributed by atoms with Gasteiger partial charge in [0.05, 0.1) is 12.0 Å². The molecule has 0 saturated carbocycles. The zero-order valence-electron chi connectivity index (χ0n) is 8.53. The summed E-state index contributed by atoms with van der Waals surface area (Å²) < 4.78 is 37.8. The van der Waals surface area contributed by atoms with Crippen molar-refractivity contribution in [1.82, 2.24) is 0 Å². The highest BCUT2D eigenvalue weighted by Crippen LogP contribution is 2.36. The Bertz CT molecular complexity index is 431. The van der Waals surface area contributed by atoms with Crippen LogP contribution in [0, 0.1) is 0 Å². The number of rotatable bonds is 3. The molecular formula is C10H10F3NO3. The number of aliphatic carboxylic acids is 1. The number of nitrogens with two attached hydrogens (primary N) is 1. The van der Waals surface area contributed by atoms with Crippen molar-refractivity contribution in [2.24, 2.45) is 5.73 Å². The molecule has 7 heteroatoms. The number of carboxylic acids is 1. The summed E-state index contributed by atoms with van der Waals surface area (Å²) in [5, 5.41) is 17.5. The first kappa shape index (κ1) is 13.3. The second-order valence-corrected chi connectivity index (χ2v) is 3.47. The Balaban J connectivity index is 3.19. The molecule has 0 unspecified atom stereocenters. The summed E-state index contributed by atoms with van der Waals surface area (Å²) in [6.07, 6.45) is -5.31. The van der Waals surface area contributed by atoms with E-state index in [1.807, 2.05) is 0 Å². The number of alkyl halides is 3. The highest BCUT2D eigenvalue weighted by atomic mass is 19.4. The zero-order chi connectivity index (χ0) is 13.2. The van der Waals surface area contributed by atoms with Crippen LogP contribution in [0.25, 0.3) is 0 Å². The first-order valence-electron chi connectivity index (χ1n) is 4.59. The molecule has 0 radical (unpaired) electrons. The molecule has 1 rings (SSSR count). The third-order valence-electron chi connectivity index (χ3n) is 2.14. The second-order valence-electron chi connectivity index (χ2n) is 3.47. The van der Waals surface area contributed by atoms with E-state index in [1.54, 1.807) is 0 Å². The quantitative estimate of drug-likeness (QED) is 0.763. The summed E-state index contributed by atoms with van der Waals surface area (Å²) in [5.74, 6) is -1.85. The van der Waals surface area contributed by atoms with Crippen LogP contribution in [0.5, 0.6) is 5.75 Å². The van der Waals surface area contributed by atoms with E-state index in [-0.39, 0.29) is 5.56 Å². The summed E-state index contributed by atoms with van der Waals surface area (Å²) in [7, 11) is 0. The predicted octanol–water partition coefficient (Wildman–Crippen LogP) is 1.89. The predicted molar refractivity (Wildman–Crippen MR) is 52.3 cm³/mol. The van der Waals surface area contributed by atoms with Gasteiger partial charge in [-0.15, -0.1) is 0 Å². The third kappa shape index (κ3) is 3.35. The number of halogens is 3. The molecule has 94 valence electrons. The van der Waals surface area contributed by atoms with E-state index in [1.165, 1.54) is 0 Å². The molecule has 0 bridgehead atoms. The molecule has 1 aromatic rings. The molecule has 0 aromatic heterocycles. The van der Waals surface area contributed by atoms with Gasteiger partial charge in [0.2, 0.25) is 0 Å². The number of hydrogen-bond donors (Lipinski definition) is 3. The van der Waals surface area contributed by atoms with Crippen LogP contribution in [-0.2, 0) is 11.0 Å². The summed E-state index contributed by atoms with van der Waals surface area (Å²) >= 11 is 0. The maximum atomic E-state index is 12.6. The van der Waals surface area contributed by atoms with Crippen LogP contribution in [-0.4, -0.2) is 16.2 Å². The molecule has 0 aliphatic rings. The minimum atomic E-state index is -4.69. The van der Waals surface area contributed by atoms with Gasteiger partial charge in [0, 0.05) is 6.04 Å². The van der Waals surface area contributed by atoms with Crippen LogP contribution in [0.3, 0.4) is 0 Å². The number of aromatic hydroxyl groups is 1. The second kappa shape index (κ2) is 4.62. The molecule has 0 amide bonds. The average Bonchev–Trinajstić information content (AvgIpc) is 2.14. The van der Waals surface area contributed by atoms with Crippen LogP contribution in [0.2, 0.25) is 0 Å². The Kier molecular flexibility index (Phi) is 3.62. The molecule has 4 nitrogen and oxygen atoms in total. The highest BCUT2D eigenvalue weighted by molar-refractivity contribution is 5.68. The number of phenolic OH excluding ortho intramolecular Hbond substituents is 1. The Hall–Kier alpha value is -1.76. The number of carbonyl (C=O) groups is 1. The molecule has 0 aliphatic heterocycles. The molecule has 0 heterocycles. The van der Waals surface area contributed by atoms with E-state index in [2.05, 4.69) is 0 Å². The van der Waals surface area contributed by atoms with Crippen molar-refractivity contribution in [3.8, 4) is 5.75 Å². The van der Waals surface area contributed by atoms with Gasteiger partial charge in [0.1, 0.15) is 5.75 Å². The molecular weight excluding hydrogens is 239 g/mol. The van der Waals surface area contributed by atoms with Crippen molar-refractivity contribution in [3.63, 3.8) is 0 Å². The minimum absolute atomic E-state index is 0.349. The molecule has 4 N–H and O–H groups in total. The molecule has 0 saturated heterocycles. The number of phenols is 1. The van der Waals surface area contributed by atoms with Crippen LogP contribution in [0.4, 0.5) is 13.2 Å². The van der Waals surface area contributed by atoms with Crippen LogP contribution in [0.15, 0.2) is 18.2 Å². The number of benzene rings is 1. The van der Waals surface area contributed by atoms with Crippen molar-refractivity contribution in [1.29, 1.82) is 0 Å². The van der Waals surface area contributed by atoms with Gasteiger partial charge in [0.15, 0.2) is 0 Å². The largest absolute Gasteiger partial charge is 0.508 e. The Morgan fingerprint density at radius 1 is 1.41 bits per heavy atom. The van der Waals surface area contributed by atoms with Gasteiger partial charge >= 0.3 is 12.1 Å².